The van der Waals surface area contributed by atoms with Gasteiger partial charge < -0.3 is 10.1 Å². The molecule has 0 aliphatic rings. The van der Waals surface area contributed by atoms with Gasteiger partial charge >= 0.3 is 6.09 Å². The highest BCUT2D eigenvalue weighted by atomic mass is 32.2. The van der Waals surface area contributed by atoms with Crippen LogP contribution < -0.4 is 5.32 Å². The predicted molar refractivity (Wildman–Crippen MR) is 50.9 cm³/mol. The number of nitrogens with one attached hydrogen (secondary N) is 2. The summed E-state index contributed by atoms with van der Waals surface area (Å²) in [5, 5.41) is 10.5. The van der Waals surface area contributed by atoms with Crippen molar-refractivity contribution >= 4 is 22.9 Å². The first-order valence-corrected chi connectivity index (χ1v) is 4.71. The Morgan fingerprint density at radius 1 is 1.67 bits per heavy atom. The van der Waals surface area contributed by atoms with Crippen LogP contribution in [0.4, 0.5) is 4.79 Å². The third kappa shape index (κ3) is 6.03. The second-order valence-electron chi connectivity index (χ2n) is 2.02. The van der Waals surface area contributed by atoms with E-state index in [2.05, 4.69) is 10.1 Å². The van der Waals surface area contributed by atoms with E-state index in [-0.39, 0.29) is 0 Å². The van der Waals surface area contributed by atoms with Crippen LogP contribution in [0.2, 0.25) is 0 Å². The van der Waals surface area contributed by atoms with Gasteiger partial charge in [0.1, 0.15) is 0 Å². The Bertz CT molecular complexity index is 161. The van der Waals surface area contributed by atoms with Crippen LogP contribution in [0, 0.1) is 5.41 Å². The van der Waals surface area contributed by atoms with E-state index in [4.69, 9.17) is 5.41 Å². The highest BCUT2D eigenvalue weighted by Crippen LogP contribution is 2.03. The highest BCUT2D eigenvalue weighted by Gasteiger charge is 1.99. The van der Waals surface area contributed by atoms with Crippen LogP contribution in [-0.4, -0.2) is 30.5 Å². The zero-order chi connectivity index (χ0) is 9.40. The number of amides is 1. The molecule has 0 rings (SSSR count). The Morgan fingerprint density at radius 3 is 2.83 bits per heavy atom. The minimum absolute atomic E-state index is 0.440. The van der Waals surface area contributed by atoms with Crippen molar-refractivity contribution in [1.29, 1.82) is 5.41 Å². The van der Waals surface area contributed by atoms with Crippen molar-refractivity contribution < 1.29 is 9.53 Å². The molecule has 0 aromatic carbocycles. The summed E-state index contributed by atoms with van der Waals surface area (Å²) in [6.45, 7) is 2.46. The summed E-state index contributed by atoms with van der Waals surface area (Å²) in [6, 6.07) is 0. The molecule has 4 nitrogen and oxygen atoms in total. The van der Waals surface area contributed by atoms with Gasteiger partial charge in [-0.05, 0) is 5.75 Å². The maximum Gasteiger partial charge on any atom is 0.406 e. The number of alkyl carbamates (subject to hydrolysis) is 1. The second kappa shape index (κ2) is 6.97. The zero-order valence-electron chi connectivity index (χ0n) is 7.35. The Morgan fingerprint density at radius 2 is 2.33 bits per heavy atom. The standard InChI is InChI=1S/C7H14N2O2S/c1-3-12-6(8)4-5-9-7(10)11-2/h8H,3-5H2,1-2H3,(H,9,10). The van der Waals surface area contributed by atoms with Gasteiger partial charge in [0.15, 0.2) is 0 Å². The molecular weight excluding hydrogens is 176 g/mol. The molecule has 70 valence electrons. The maximum atomic E-state index is 10.5. The molecule has 5 heteroatoms. The largest absolute Gasteiger partial charge is 0.453 e. The monoisotopic (exact) mass is 190 g/mol. The minimum Gasteiger partial charge on any atom is -0.453 e. The number of carbonyl (C=O) groups is 1. The van der Waals surface area contributed by atoms with Crippen molar-refractivity contribution in [2.24, 2.45) is 0 Å². The van der Waals surface area contributed by atoms with Gasteiger partial charge in [0.2, 0.25) is 0 Å². The molecule has 0 saturated carbocycles. The van der Waals surface area contributed by atoms with Crippen molar-refractivity contribution in [1.82, 2.24) is 5.32 Å². The van der Waals surface area contributed by atoms with Gasteiger partial charge in [-0.2, -0.15) is 0 Å². The molecule has 0 atom stereocenters. The molecule has 0 aromatic rings. The fraction of sp³-hybridized carbons (Fsp3) is 0.714. The van der Waals surface area contributed by atoms with E-state index in [1.54, 1.807) is 0 Å². The summed E-state index contributed by atoms with van der Waals surface area (Å²) in [5.74, 6) is 0.900. The van der Waals surface area contributed by atoms with Gasteiger partial charge in [-0.15, -0.1) is 11.8 Å². The van der Waals surface area contributed by atoms with Crippen molar-refractivity contribution in [3.8, 4) is 0 Å². The first kappa shape index (κ1) is 11.3. The lowest BCUT2D eigenvalue weighted by Crippen LogP contribution is -2.25. The number of thioether (sulfide) groups is 1. The number of ether oxygens (including phenoxy) is 1. The van der Waals surface area contributed by atoms with E-state index in [0.717, 1.165) is 5.75 Å². The molecule has 0 aliphatic heterocycles. The number of carbonyl (C=O) groups excluding carboxylic acids is 1. The Labute approximate surface area is 76.6 Å². The van der Waals surface area contributed by atoms with Crippen LogP contribution in [0.5, 0.6) is 0 Å². The molecule has 0 radical (unpaired) electrons. The fourth-order valence-electron chi connectivity index (χ4n) is 0.597. The van der Waals surface area contributed by atoms with Crippen LogP contribution in [0.3, 0.4) is 0 Å². The summed E-state index contributed by atoms with van der Waals surface area (Å²) in [4.78, 5) is 10.5. The lowest BCUT2D eigenvalue weighted by Gasteiger charge is -2.03. The van der Waals surface area contributed by atoms with Gasteiger partial charge in [-0.3, -0.25) is 5.41 Å². The molecule has 0 spiro atoms. The Balaban J connectivity index is 3.30. The number of hydrogen-bond donors (Lipinski definition) is 2. The zero-order valence-corrected chi connectivity index (χ0v) is 8.16. The number of methoxy groups -OCH3 is 1. The summed E-state index contributed by atoms with van der Waals surface area (Å²) >= 11 is 1.48. The topological polar surface area (TPSA) is 62.2 Å². The summed E-state index contributed by atoms with van der Waals surface area (Å²) < 4.78 is 4.36. The van der Waals surface area contributed by atoms with Crippen molar-refractivity contribution in [2.75, 3.05) is 19.4 Å². The second-order valence-corrected chi connectivity index (χ2v) is 3.38. The molecular formula is C7H14N2O2S. The van der Waals surface area contributed by atoms with Crippen LogP contribution >= 0.6 is 11.8 Å². The minimum atomic E-state index is -0.440. The Kier molecular flexibility index (Phi) is 6.55. The van der Waals surface area contributed by atoms with E-state index in [9.17, 15) is 4.79 Å². The van der Waals surface area contributed by atoms with Crippen LogP contribution in [0.25, 0.3) is 0 Å². The molecule has 12 heavy (non-hydrogen) atoms. The fourth-order valence-corrected chi connectivity index (χ4v) is 1.19. The summed E-state index contributed by atoms with van der Waals surface area (Å²) in [5.41, 5.74) is 0. The SMILES string of the molecule is CCSC(=N)CCNC(=O)OC. The highest BCUT2D eigenvalue weighted by molar-refractivity contribution is 8.13. The normalized spacial score (nSPS) is 9.17. The van der Waals surface area contributed by atoms with Gasteiger partial charge in [0.25, 0.3) is 0 Å². The lowest BCUT2D eigenvalue weighted by atomic mass is 10.5. The smallest absolute Gasteiger partial charge is 0.406 e. The molecule has 1 amide bonds. The lowest BCUT2D eigenvalue weighted by molar-refractivity contribution is 0.171. The van der Waals surface area contributed by atoms with E-state index in [1.807, 2.05) is 6.92 Å². The third-order valence-electron chi connectivity index (χ3n) is 1.13. The van der Waals surface area contributed by atoms with E-state index in [1.165, 1.54) is 18.9 Å². The first-order valence-electron chi connectivity index (χ1n) is 3.72. The van der Waals surface area contributed by atoms with Crippen LogP contribution in [0.15, 0.2) is 0 Å². The molecule has 0 bridgehead atoms. The van der Waals surface area contributed by atoms with Gasteiger partial charge in [-0.1, -0.05) is 6.92 Å². The van der Waals surface area contributed by atoms with Crippen molar-refractivity contribution in [3.63, 3.8) is 0 Å². The van der Waals surface area contributed by atoms with Crippen LogP contribution in [-0.2, 0) is 4.74 Å². The van der Waals surface area contributed by atoms with E-state index in [0.29, 0.717) is 18.0 Å². The van der Waals surface area contributed by atoms with E-state index >= 15 is 0 Å². The third-order valence-corrected chi connectivity index (χ3v) is 1.97. The molecule has 0 aliphatic carbocycles. The molecule has 0 saturated heterocycles. The average Bonchev–Trinajstić information content (AvgIpc) is 2.04. The Hall–Kier alpha value is -0.710. The first-order chi connectivity index (χ1) is 5.70. The van der Waals surface area contributed by atoms with Crippen molar-refractivity contribution in [3.05, 3.63) is 0 Å². The molecule has 0 unspecified atom stereocenters. The molecule has 0 heterocycles. The van der Waals surface area contributed by atoms with E-state index < -0.39 is 6.09 Å². The number of rotatable bonds is 4. The van der Waals surface area contributed by atoms with Gasteiger partial charge in [-0.25, -0.2) is 4.79 Å². The van der Waals surface area contributed by atoms with Gasteiger partial charge in [0.05, 0.1) is 12.2 Å². The summed E-state index contributed by atoms with van der Waals surface area (Å²) in [6.07, 6.45) is 0.137. The average molecular weight is 190 g/mol. The predicted octanol–water partition coefficient (Wildman–Crippen LogP) is 1.46. The van der Waals surface area contributed by atoms with Crippen molar-refractivity contribution in [2.45, 2.75) is 13.3 Å². The molecule has 2 N–H and O–H groups in total. The maximum absolute atomic E-state index is 10.5. The summed E-state index contributed by atoms with van der Waals surface area (Å²) in [7, 11) is 1.32. The molecule has 0 fully saturated rings. The molecule has 0 aromatic heterocycles. The van der Waals surface area contributed by atoms with Crippen LogP contribution in [0.1, 0.15) is 13.3 Å². The quantitative estimate of drug-likeness (QED) is 0.521. The van der Waals surface area contributed by atoms with Gasteiger partial charge in [0, 0.05) is 13.0 Å². The number of hydrogen-bond acceptors (Lipinski definition) is 4.